The van der Waals surface area contributed by atoms with Crippen LogP contribution in [0.15, 0.2) is 0 Å². The lowest BCUT2D eigenvalue weighted by molar-refractivity contribution is 0.678. The fraction of sp³-hybridized carbons (Fsp3) is 0.769. The van der Waals surface area contributed by atoms with E-state index < -0.39 is 0 Å². The normalized spacial score (nSPS) is 10.8. The van der Waals surface area contributed by atoms with E-state index in [9.17, 15) is 0 Å². The maximum absolute atomic E-state index is 6.09. The van der Waals surface area contributed by atoms with Crippen LogP contribution in [0.25, 0.3) is 0 Å². The summed E-state index contributed by atoms with van der Waals surface area (Å²) < 4.78 is 1.86. The van der Waals surface area contributed by atoms with E-state index in [1.165, 1.54) is 25.7 Å². The predicted molar refractivity (Wildman–Crippen MR) is 74.2 cm³/mol. The number of nitrogens with two attached hydrogens (primary N) is 1. The van der Waals surface area contributed by atoms with Gasteiger partial charge in [-0.05, 0) is 12.8 Å². The molecule has 0 spiro atoms. The molecule has 0 aliphatic rings. The van der Waals surface area contributed by atoms with E-state index in [0.717, 1.165) is 36.6 Å². The number of hydrogen-bond acceptors (Lipinski definition) is 3. The van der Waals surface area contributed by atoms with Crippen molar-refractivity contribution in [1.82, 2.24) is 9.78 Å². The van der Waals surface area contributed by atoms with Gasteiger partial charge in [-0.15, -0.1) is 0 Å². The monoisotopic (exact) mass is 238 g/mol. The molecule has 1 heterocycles. The molecule has 0 bridgehead atoms. The van der Waals surface area contributed by atoms with Gasteiger partial charge in [0.25, 0.3) is 0 Å². The molecule has 0 atom stereocenters. The molecule has 0 amide bonds. The van der Waals surface area contributed by atoms with Gasteiger partial charge in [0, 0.05) is 13.6 Å². The molecule has 0 radical (unpaired) electrons. The van der Waals surface area contributed by atoms with Gasteiger partial charge >= 0.3 is 0 Å². The maximum Gasteiger partial charge on any atom is 0.147 e. The summed E-state index contributed by atoms with van der Waals surface area (Å²) in [6, 6.07) is 0. The molecule has 98 valence electrons. The van der Waals surface area contributed by atoms with Gasteiger partial charge in [0.1, 0.15) is 5.82 Å². The van der Waals surface area contributed by atoms with E-state index in [-0.39, 0.29) is 0 Å². The van der Waals surface area contributed by atoms with Crippen LogP contribution in [0.2, 0.25) is 0 Å². The number of unbranched alkanes of at least 4 members (excludes halogenated alkanes) is 3. The first-order chi connectivity index (χ1) is 8.20. The lowest BCUT2D eigenvalue weighted by Gasteiger charge is -2.07. The van der Waals surface area contributed by atoms with Crippen LogP contribution in [-0.2, 0) is 13.5 Å². The molecule has 1 aromatic heterocycles. The van der Waals surface area contributed by atoms with Gasteiger partial charge in [0.15, 0.2) is 0 Å². The van der Waals surface area contributed by atoms with Gasteiger partial charge in [-0.3, -0.25) is 4.68 Å². The lowest BCUT2D eigenvalue weighted by atomic mass is 10.2. The summed E-state index contributed by atoms with van der Waals surface area (Å²) >= 11 is 0. The summed E-state index contributed by atoms with van der Waals surface area (Å²) in [5.74, 6) is 0.977. The van der Waals surface area contributed by atoms with Gasteiger partial charge in [0.05, 0.1) is 11.4 Å². The first-order valence-corrected chi connectivity index (χ1v) is 6.75. The fourth-order valence-corrected chi connectivity index (χ4v) is 1.99. The van der Waals surface area contributed by atoms with E-state index in [1.54, 1.807) is 0 Å². The summed E-state index contributed by atoms with van der Waals surface area (Å²) in [6.45, 7) is 5.35. The van der Waals surface area contributed by atoms with Crippen molar-refractivity contribution in [2.24, 2.45) is 7.05 Å². The predicted octanol–water partition coefficient (Wildman–Crippen LogP) is 2.95. The zero-order chi connectivity index (χ0) is 12.7. The molecule has 1 aromatic rings. The van der Waals surface area contributed by atoms with Crippen molar-refractivity contribution < 1.29 is 0 Å². The van der Waals surface area contributed by atoms with Crippen LogP contribution in [0, 0.1) is 0 Å². The molecule has 17 heavy (non-hydrogen) atoms. The van der Waals surface area contributed by atoms with Crippen LogP contribution in [-0.4, -0.2) is 16.3 Å². The van der Waals surface area contributed by atoms with Crippen molar-refractivity contribution in [3.05, 3.63) is 5.69 Å². The summed E-state index contributed by atoms with van der Waals surface area (Å²) in [6.07, 6.45) is 7.09. The molecule has 0 saturated heterocycles. The number of nitrogens with one attached hydrogen (secondary N) is 1. The fourth-order valence-electron chi connectivity index (χ4n) is 1.99. The van der Waals surface area contributed by atoms with Crippen LogP contribution in [0.4, 0.5) is 11.5 Å². The van der Waals surface area contributed by atoms with Crippen molar-refractivity contribution in [1.29, 1.82) is 0 Å². The minimum Gasteiger partial charge on any atom is -0.394 e. The summed E-state index contributed by atoms with van der Waals surface area (Å²) in [4.78, 5) is 0. The van der Waals surface area contributed by atoms with Crippen LogP contribution in [0.1, 0.15) is 51.6 Å². The third-order valence-electron chi connectivity index (χ3n) is 2.97. The topological polar surface area (TPSA) is 55.9 Å². The minimum atomic E-state index is 0.824. The highest BCUT2D eigenvalue weighted by molar-refractivity contribution is 5.64. The zero-order valence-corrected chi connectivity index (χ0v) is 11.4. The van der Waals surface area contributed by atoms with Crippen molar-refractivity contribution >= 4 is 11.5 Å². The van der Waals surface area contributed by atoms with E-state index >= 15 is 0 Å². The first-order valence-electron chi connectivity index (χ1n) is 6.75. The molecule has 3 N–H and O–H groups in total. The van der Waals surface area contributed by atoms with Gasteiger partial charge in [0.2, 0.25) is 0 Å². The Bertz CT molecular complexity index is 330. The SMILES string of the molecule is CCCCCCNc1c(N)c(CCC)nn1C. The van der Waals surface area contributed by atoms with Gasteiger partial charge < -0.3 is 11.1 Å². The highest BCUT2D eigenvalue weighted by Crippen LogP contribution is 2.22. The first kappa shape index (κ1) is 13.9. The Morgan fingerprint density at radius 2 is 1.94 bits per heavy atom. The molecule has 0 unspecified atom stereocenters. The molecule has 0 fully saturated rings. The minimum absolute atomic E-state index is 0.824. The second-order valence-electron chi connectivity index (χ2n) is 4.57. The lowest BCUT2D eigenvalue weighted by Crippen LogP contribution is -2.07. The Balaban J connectivity index is 2.47. The third kappa shape index (κ3) is 3.95. The van der Waals surface area contributed by atoms with E-state index in [2.05, 4.69) is 24.3 Å². The van der Waals surface area contributed by atoms with Crippen LogP contribution in [0.5, 0.6) is 0 Å². The quantitative estimate of drug-likeness (QED) is 0.685. The summed E-state index contributed by atoms with van der Waals surface area (Å²) in [7, 11) is 1.95. The number of aromatic nitrogens is 2. The van der Waals surface area contributed by atoms with Crippen LogP contribution >= 0.6 is 0 Å². The smallest absolute Gasteiger partial charge is 0.147 e. The Morgan fingerprint density at radius 3 is 2.59 bits per heavy atom. The maximum atomic E-state index is 6.09. The van der Waals surface area contributed by atoms with E-state index in [4.69, 9.17) is 5.73 Å². The van der Waals surface area contributed by atoms with Crippen molar-refractivity contribution in [3.8, 4) is 0 Å². The van der Waals surface area contributed by atoms with Crippen molar-refractivity contribution in [3.63, 3.8) is 0 Å². The van der Waals surface area contributed by atoms with Crippen LogP contribution < -0.4 is 11.1 Å². The molecule has 4 nitrogen and oxygen atoms in total. The summed E-state index contributed by atoms with van der Waals surface area (Å²) in [5, 5.41) is 7.84. The molecule has 4 heteroatoms. The molecule has 0 aliphatic carbocycles. The Hall–Kier alpha value is -1.19. The van der Waals surface area contributed by atoms with Crippen molar-refractivity contribution in [2.45, 2.75) is 52.4 Å². The van der Waals surface area contributed by atoms with Gasteiger partial charge in [-0.2, -0.15) is 5.10 Å². The third-order valence-corrected chi connectivity index (χ3v) is 2.97. The number of hydrogen-bond donors (Lipinski definition) is 2. The standard InChI is InChI=1S/C13H26N4/c1-4-6-7-8-10-15-13-12(14)11(9-5-2)16-17(13)3/h15H,4-10,14H2,1-3H3. The molecular weight excluding hydrogens is 212 g/mol. The van der Waals surface area contributed by atoms with Crippen LogP contribution in [0.3, 0.4) is 0 Å². The Labute approximate surface area is 105 Å². The second kappa shape index (κ2) is 7.20. The molecule has 1 rings (SSSR count). The van der Waals surface area contributed by atoms with Gasteiger partial charge in [-0.25, -0.2) is 0 Å². The Kier molecular flexibility index (Phi) is 5.87. The van der Waals surface area contributed by atoms with Crippen molar-refractivity contribution in [2.75, 3.05) is 17.6 Å². The molecular formula is C13H26N4. The number of rotatable bonds is 8. The highest BCUT2D eigenvalue weighted by Gasteiger charge is 2.11. The Morgan fingerprint density at radius 1 is 1.18 bits per heavy atom. The largest absolute Gasteiger partial charge is 0.394 e. The average molecular weight is 238 g/mol. The molecule has 0 aliphatic heterocycles. The molecule has 0 aromatic carbocycles. The highest BCUT2D eigenvalue weighted by atomic mass is 15.3. The van der Waals surface area contributed by atoms with E-state index in [0.29, 0.717) is 0 Å². The number of aryl methyl sites for hydroxylation is 2. The number of anilines is 2. The summed E-state index contributed by atoms with van der Waals surface area (Å²) in [5.41, 5.74) is 7.93. The zero-order valence-electron chi connectivity index (χ0n) is 11.4. The van der Waals surface area contributed by atoms with Gasteiger partial charge in [-0.1, -0.05) is 39.5 Å². The second-order valence-corrected chi connectivity index (χ2v) is 4.57. The number of nitrogens with zero attached hydrogens (tertiary/aromatic N) is 2. The van der Waals surface area contributed by atoms with E-state index in [1.807, 2.05) is 11.7 Å². The number of nitrogen functional groups attached to an aromatic ring is 1. The average Bonchev–Trinajstić information content (AvgIpc) is 2.56. The molecule has 0 saturated carbocycles.